The Hall–Kier alpha value is -4.05. The first-order valence-corrected chi connectivity index (χ1v) is 13.6. The second-order valence-electron chi connectivity index (χ2n) is 10.3. The van der Waals surface area contributed by atoms with Crippen molar-refractivity contribution in [2.75, 3.05) is 18.4 Å². The number of aliphatic carboxylic acids is 1. The summed E-state index contributed by atoms with van der Waals surface area (Å²) in [4.78, 5) is 49.3. The van der Waals surface area contributed by atoms with Crippen LogP contribution in [0, 0.1) is 6.92 Å². The predicted octanol–water partition coefficient (Wildman–Crippen LogP) is 3.61. The zero-order valence-corrected chi connectivity index (χ0v) is 22.2. The monoisotopic (exact) mass is 530 g/mol. The molecule has 0 aromatic heterocycles. The van der Waals surface area contributed by atoms with E-state index in [-0.39, 0.29) is 17.9 Å². The molecule has 1 saturated carbocycles. The number of carboxylic acid groups (broad SMARTS) is 1. The van der Waals surface area contributed by atoms with Crippen LogP contribution in [0.4, 0.5) is 5.69 Å². The number of aryl methyl sites for hydroxylation is 1. The predicted molar refractivity (Wildman–Crippen MR) is 150 cm³/mol. The molecule has 1 fully saturated rings. The van der Waals surface area contributed by atoms with E-state index in [1.54, 1.807) is 0 Å². The van der Waals surface area contributed by atoms with Crippen LogP contribution in [0.15, 0.2) is 52.1 Å². The molecule has 2 aliphatic heterocycles. The number of carbonyl (C=O) groups is 1. The molecule has 2 heterocycles. The molecule has 0 atom stereocenters. The van der Waals surface area contributed by atoms with E-state index in [0.29, 0.717) is 44.2 Å². The van der Waals surface area contributed by atoms with Gasteiger partial charge in [-0.1, -0.05) is 43.2 Å². The quantitative estimate of drug-likeness (QED) is 0.251. The lowest BCUT2D eigenvalue weighted by atomic mass is 10.1. The highest BCUT2D eigenvalue weighted by Crippen LogP contribution is 2.29. The van der Waals surface area contributed by atoms with Crippen molar-refractivity contribution in [1.82, 2.24) is 24.4 Å². The number of nitrogens with one attached hydrogen (secondary N) is 2. The van der Waals surface area contributed by atoms with Gasteiger partial charge in [-0.3, -0.25) is 19.5 Å². The van der Waals surface area contributed by atoms with Crippen molar-refractivity contribution in [3.05, 3.63) is 74.4 Å². The van der Waals surface area contributed by atoms with Crippen molar-refractivity contribution in [1.29, 1.82) is 0 Å². The summed E-state index contributed by atoms with van der Waals surface area (Å²) >= 11 is 0. The van der Waals surface area contributed by atoms with Gasteiger partial charge in [0, 0.05) is 37.8 Å². The largest absolute Gasteiger partial charge is 0.481 e. The number of benzene rings is 2. The Labute approximate surface area is 226 Å². The van der Waals surface area contributed by atoms with Gasteiger partial charge in [-0.2, -0.15) is 4.98 Å². The minimum absolute atomic E-state index is 0.0888. The molecule has 2 aromatic carbocycles. The number of anilines is 1. The average Bonchev–Trinajstić information content (AvgIpc) is 3.41. The molecule has 3 N–H and O–H groups in total. The molecule has 0 unspecified atom stereocenters. The van der Waals surface area contributed by atoms with E-state index in [4.69, 9.17) is 5.11 Å². The topological polar surface area (TPSA) is 133 Å². The number of rotatable bonds is 11. The minimum Gasteiger partial charge on any atom is -0.481 e. The Balaban J connectivity index is 1.53. The van der Waals surface area contributed by atoms with Gasteiger partial charge < -0.3 is 15.0 Å². The van der Waals surface area contributed by atoms with Crippen molar-refractivity contribution in [2.24, 2.45) is 0 Å². The standard InChI is InChI=1S/C29H34N6O4/c1-19-16-23-24(17-22(19)30-21-10-5-6-11-21)35(27-26(31-23)28(38)33-29(39)32-27)15-14-34(13-7-12-25(36)37)18-20-8-3-2-4-9-20/h2-4,8-9,16-17,21,30H,5-7,10-15,18H2,1H3,(H,36,37)(H,33,38,39). The number of hydrogen-bond donors (Lipinski definition) is 3. The SMILES string of the molecule is Cc1cc2nc3c(=O)[nH]c(=O)nc-3n(CCN(CCCC(=O)O)Cc3ccccc3)c2cc1NC1CCCC1. The summed E-state index contributed by atoms with van der Waals surface area (Å²) in [6, 6.07) is 14.5. The zero-order valence-electron chi connectivity index (χ0n) is 22.2. The first-order valence-electron chi connectivity index (χ1n) is 13.6. The molecule has 39 heavy (non-hydrogen) atoms. The summed E-state index contributed by atoms with van der Waals surface area (Å²) in [5.41, 5.74) is 3.47. The van der Waals surface area contributed by atoms with Crippen molar-refractivity contribution >= 4 is 22.7 Å². The molecule has 3 aliphatic rings. The molecule has 2 aromatic rings. The number of aromatic nitrogens is 4. The van der Waals surface area contributed by atoms with Gasteiger partial charge in [0.2, 0.25) is 0 Å². The molecular formula is C29H34N6O4. The van der Waals surface area contributed by atoms with Gasteiger partial charge in [-0.15, -0.1) is 0 Å². The average molecular weight is 531 g/mol. The number of H-pyrrole nitrogens is 1. The van der Waals surface area contributed by atoms with Crippen LogP contribution in [0.3, 0.4) is 0 Å². The Morgan fingerprint density at radius 1 is 1.13 bits per heavy atom. The Bertz CT molecular complexity index is 1540. The molecule has 0 saturated heterocycles. The summed E-state index contributed by atoms with van der Waals surface area (Å²) in [6.07, 6.45) is 5.31. The fourth-order valence-corrected chi connectivity index (χ4v) is 5.42. The molecule has 1 aliphatic carbocycles. The van der Waals surface area contributed by atoms with Crippen LogP contribution in [0.2, 0.25) is 0 Å². The highest BCUT2D eigenvalue weighted by molar-refractivity contribution is 5.84. The fraction of sp³-hybridized carbons (Fsp3) is 0.414. The van der Waals surface area contributed by atoms with Gasteiger partial charge in [0.1, 0.15) is 0 Å². The Morgan fingerprint density at radius 2 is 1.90 bits per heavy atom. The van der Waals surface area contributed by atoms with E-state index in [1.165, 1.54) is 12.8 Å². The highest BCUT2D eigenvalue weighted by Gasteiger charge is 2.22. The number of nitrogens with zero attached hydrogens (tertiary/aromatic N) is 4. The van der Waals surface area contributed by atoms with Crippen molar-refractivity contribution in [2.45, 2.75) is 64.6 Å². The summed E-state index contributed by atoms with van der Waals surface area (Å²) < 4.78 is 1.91. The van der Waals surface area contributed by atoms with Gasteiger partial charge in [-0.05, 0) is 56.0 Å². The zero-order chi connectivity index (χ0) is 27.4. The molecule has 0 bridgehead atoms. The lowest BCUT2D eigenvalue weighted by Gasteiger charge is -2.25. The van der Waals surface area contributed by atoms with Crippen molar-refractivity contribution in [3.8, 4) is 11.5 Å². The third kappa shape index (κ3) is 6.34. The van der Waals surface area contributed by atoms with E-state index < -0.39 is 17.2 Å². The first kappa shape index (κ1) is 26.6. The maximum atomic E-state index is 12.7. The number of fused-ring (bicyclic) bond motifs is 2. The molecule has 5 rings (SSSR count). The number of aromatic amines is 1. The summed E-state index contributed by atoms with van der Waals surface area (Å²) in [6.45, 7) is 4.28. The van der Waals surface area contributed by atoms with Gasteiger partial charge in [0.05, 0.1) is 11.0 Å². The second kappa shape index (κ2) is 11.8. The lowest BCUT2D eigenvalue weighted by molar-refractivity contribution is -0.137. The lowest BCUT2D eigenvalue weighted by Crippen LogP contribution is -2.32. The normalized spacial score (nSPS) is 14.0. The maximum absolute atomic E-state index is 12.7. The molecule has 10 nitrogen and oxygen atoms in total. The van der Waals surface area contributed by atoms with Crippen LogP contribution < -0.4 is 16.6 Å². The van der Waals surface area contributed by atoms with Crippen molar-refractivity contribution < 1.29 is 9.90 Å². The van der Waals surface area contributed by atoms with Crippen LogP contribution in [-0.4, -0.2) is 54.6 Å². The van der Waals surface area contributed by atoms with Crippen LogP contribution in [0.1, 0.15) is 49.7 Å². The third-order valence-corrected chi connectivity index (χ3v) is 7.42. The molecule has 10 heteroatoms. The van der Waals surface area contributed by atoms with E-state index in [9.17, 15) is 14.4 Å². The van der Waals surface area contributed by atoms with E-state index in [1.807, 2.05) is 47.9 Å². The molecule has 0 spiro atoms. The van der Waals surface area contributed by atoms with Gasteiger partial charge in [0.25, 0.3) is 5.56 Å². The van der Waals surface area contributed by atoms with E-state index in [0.717, 1.165) is 35.2 Å². The van der Waals surface area contributed by atoms with Gasteiger partial charge >= 0.3 is 11.7 Å². The first-order chi connectivity index (χ1) is 18.9. The summed E-state index contributed by atoms with van der Waals surface area (Å²) in [5, 5.41) is 12.8. The van der Waals surface area contributed by atoms with Crippen LogP contribution in [-0.2, 0) is 17.9 Å². The molecule has 0 radical (unpaired) electrons. The van der Waals surface area contributed by atoms with Crippen molar-refractivity contribution in [3.63, 3.8) is 0 Å². The third-order valence-electron chi connectivity index (χ3n) is 7.42. The fourth-order valence-electron chi connectivity index (χ4n) is 5.42. The Morgan fingerprint density at radius 3 is 2.64 bits per heavy atom. The highest BCUT2D eigenvalue weighted by atomic mass is 16.4. The molecule has 0 amide bonds. The summed E-state index contributed by atoms with van der Waals surface area (Å²) in [7, 11) is 0. The Kier molecular flexibility index (Phi) is 8.02. The summed E-state index contributed by atoms with van der Waals surface area (Å²) in [5.74, 6) is -0.573. The van der Waals surface area contributed by atoms with Crippen LogP contribution >= 0.6 is 0 Å². The van der Waals surface area contributed by atoms with Gasteiger partial charge in [-0.25, -0.2) is 9.78 Å². The van der Waals surface area contributed by atoms with E-state index in [2.05, 4.69) is 31.2 Å². The molecule has 204 valence electrons. The van der Waals surface area contributed by atoms with Crippen LogP contribution in [0.5, 0.6) is 0 Å². The number of carboxylic acids is 1. The number of hydrogen-bond acceptors (Lipinski definition) is 7. The maximum Gasteiger partial charge on any atom is 0.349 e. The van der Waals surface area contributed by atoms with Crippen LogP contribution in [0.25, 0.3) is 22.6 Å². The van der Waals surface area contributed by atoms with E-state index >= 15 is 0 Å². The minimum atomic E-state index is -0.820. The smallest absolute Gasteiger partial charge is 0.349 e. The molecular weight excluding hydrogens is 496 g/mol. The van der Waals surface area contributed by atoms with Gasteiger partial charge in [0.15, 0.2) is 11.5 Å². The second-order valence-corrected chi connectivity index (χ2v) is 10.3.